The van der Waals surface area contributed by atoms with Crippen LogP contribution in [0.2, 0.25) is 0 Å². The van der Waals surface area contributed by atoms with Gasteiger partial charge in [-0.25, -0.2) is 0 Å². The maximum atomic E-state index is 10.3. The van der Waals surface area contributed by atoms with Crippen molar-refractivity contribution < 1.29 is 46.8 Å². The minimum Gasteiger partial charge on any atom is -0.481 e. The first kappa shape index (κ1) is 14.1. The number of carbonyl (C=O) groups excluding carboxylic acids is 1. The van der Waals surface area contributed by atoms with Gasteiger partial charge in [-0.3, -0.25) is 9.59 Å². The summed E-state index contributed by atoms with van der Waals surface area (Å²) in [5.74, 6) is -2.23. The molecule has 66 valence electrons. The first-order chi connectivity index (χ1) is 5.02. The van der Waals surface area contributed by atoms with Crippen molar-refractivity contribution in [2.75, 3.05) is 0 Å². The van der Waals surface area contributed by atoms with Gasteiger partial charge in [-0.15, -0.1) is 0 Å². The van der Waals surface area contributed by atoms with Gasteiger partial charge in [0.15, 0.2) is 0 Å². The smallest absolute Gasteiger partial charge is 0.322 e. The van der Waals surface area contributed by atoms with Crippen LogP contribution in [0.1, 0.15) is 12.8 Å². The molecule has 0 aromatic carbocycles. The fourth-order valence-electron chi connectivity index (χ4n) is 0.338. The Hall–Kier alpha value is -0.487. The van der Waals surface area contributed by atoms with Crippen molar-refractivity contribution in [3.8, 4) is 0 Å². The molecule has 6 nitrogen and oxygen atoms in total. The summed E-state index contributed by atoms with van der Waals surface area (Å²) in [5, 5.41) is 8.04. The Morgan fingerprint density at radius 3 is 2.08 bits per heavy atom. The van der Waals surface area contributed by atoms with Crippen molar-refractivity contribution in [1.82, 2.24) is 0 Å². The van der Waals surface area contributed by atoms with Gasteiger partial charge in [0.05, 0.1) is 12.8 Å². The molecule has 0 bridgehead atoms. The van der Waals surface area contributed by atoms with Gasteiger partial charge in [-0.2, -0.15) is 8.42 Å². The summed E-state index contributed by atoms with van der Waals surface area (Å²) < 4.78 is 23.1. The van der Waals surface area contributed by atoms with Gasteiger partial charge in [-0.1, -0.05) is 0 Å². The van der Waals surface area contributed by atoms with E-state index in [1.165, 1.54) is 0 Å². The molecule has 0 aromatic rings. The molecular weight excluding hydrogens is 241 g/mol. The first-order valence-corrected chi connectivity index (χ1v) is 3.69. The molecular formula is C4H6O6SZn. The van der Waals surface area contributed by atoms with E-state index >= 15 is 0 Å². The van der Waals surface area contributed by atoms with Gasteiger partial charge in [0.2, 0.25) is 0 Å². The summed E-state index contributed by atoms with van der Waals surface area (Å²) in [4.78, 5) is 20.1. The molecule has 0 atom stereocenters. The van der Waals surface area contributed by atoms with Gasteiger partial charge >= 0.3 is 22.9 Å². The molecule has 1 N–H and O–H groups in total. The Balaban J connectivity index is 0. The Labute approximate surface area is 82.8 Å². The number of rotatable bonds is 4. The number of hydrogen-bond acceptors (Lipinski definition) is 5. The van der Waals surface area contributed by atoms with Crippen molar-refractivity contribution in [2.24, 2.45) is 0 Å². The average Bonchev–Trinajstić information content (AvgIpc) is 1.82. The number of carboxylic acids is 1. The maximum Gasteiger partial charge on any atom is 0.322 e. The molecule has 0 saturated heterocycles. The number of carboxylic acid groups (broad SMARTS) is 1. The van der Waals surface area contributed by atoms with Gasteiger partial charge in [0.1, 0.15) is 0 Å². The molecule has 0 aliphatic carbocycles. The van der Waals surface area contributed by atoms with Crippen LogP contribution in [-0.2, 0) is 44.2 Å². The fourth-order valence-corrected chi connectivity index (χ4v) is 0.595. The normalized spacial score (nSPS) is 8.75. The summed E-state index contributed by atoms with van der Waals surface area (Å²) in [6.07, 6.45) is -0.860. The van der Waals surface area contributed by atoms with Crippen LogP contribution in [-0.4, -0.2) is 25.5 Å². The second kappa shape index (κ2) is 7.18. The summed E-state index contributed by atoms with van der Waals surface area (Å²) in [5.41, 5.74) is 0. The molecule has 0 radical (unpaired) electrons. The largest absolute Gasteiger partial charge is 0.481 e. The van der Waals surface area contributed by atoms with Crippen molar-refractivity contribution in [2.45, 2.75) is 12.8 Å². The van der Waals surface area contributed by atoms with Gasteiger partial charge in [0.25, 0.3) is 0 Å². The van der Waals surface area contributed by atoms with Crippen LogP contribution in [0.4, 0.5) is 0 Å². The third kappa shape index (κ3) is 9.51. The van der Waals surface area contributed by atoms with E-state index in [2.05, 4.69) is 4.18 Å². The fraction of sp³-hybridized carbons (Fsp3) is 0.500. The molecule has 0 aliphatic heterocycles. The Morgan fingerprint density at radius 2 is 1.75 bits per heavy atom. The molecule has 0 aliphatic rings. The van der Waals surface area contributed by atoms with Crippen molar-refractivity contribution >= 4 is 22.9 Å². The van der Waals surface area contributed by atoms with Crippen LogP contribution >= 0.6 is 0 Å². The molecule has 0 amide bonds. The molecule has 0 saturated carbocycles. The Kier molecular flexibility index (Phi) is 8.41. The van der Waals surface area contributed by atoms with Crippen LogP contribution < -0.4 is 0 Å². The van der Waals surface area contributed by atoms with Crippen LogP contribution in [0.5, 0.6) is 0 Å². The van der Waals surface area contributed by atoms with Gasteiger partial charge < -0.3 is 9.29 Å². The second-order valence-electron chi connectivity index (χ2n) is 1.58. The summed E-state index contributed by atoms with van der Waals surface area (Å²) in [7, 11) is -3.21. The molecule has 0 fully saturated rings. The minimum atomic E-state index is -3.21. The van der Waals surface area contributed by atoms with E-state index in [1.54, 1.807) is 0 Å². The summed E-state index contributed by atoms with van der Waals surface area (Å²) >= 11 is 0. The minimum absolute atomic E-state index is 0. The van der Waals surface area contributed by atoms with Crippen molar-refractivity contribution in [1.29, 1.82) is 0 Å². The van der Waals surface area contributed by atoms with Crippen molar-refractivity contribution in [3.05, 3.63) is 0 Å². The Morgan fingerprint density at radius 1 is 1.25 bits per heavy atom. The molecule has 8 heteroatoms. The Bertz CT molecular complexity index is 226. The SMILES string of the molecule is O=C(O)CCC(=O)O[SH](=O)=O.[Zn]. The third-order valence-electron chi connectivity index (χ3n) is 0.719. The van der Waals surface area contributed by atoms with E-state index < -0.39 is 35.8 Å². The van der Waals surface area contributed by atoms with E-state index in [1.807, 2.05) is 0 Å². The zero-order valence-corrected chi connectivity index (χ0v) is 9.92. The molecule has 0 spiro atoms. The van der Waals surface area contributed by atoms with E-state index in [9.17, 15) is 18.0 Å². The molecule has 0 aromatic heterocycles. The monoisotopic (exact) mass is 246 g/mol. The van der Waals surface area contributed by atoms with E-state index in [-0.39, 0.29) is 19.5 Å². The first-order valence-electron chi connectivity index (χ1n) is 2.59. The second-order valence-corrected chi connectivity index (χ2v) is 2.21. The summed E-state index contributed by atoms with van der Waals surface area (Å²) in [6, 6.07) is 0. The maximum absolute atomic E-state index is 10.3. The molecule has 0 heterocycles. The van der Waals surface area contributed by atoms with Crippen LogP contribution in [0.3, 0.4) is 0 Å². The van der Waals surface area contributed by atoms with Crippen LogP contribution in [0.25, 0.3) is 0 Å². The molecule has 0 unspecified atom stereocenters. The van der Waals surface area contributed by atoms with E-state index in [4.69, 9.17) is 5.11 Å². The van der Waals surface area contributed by atoms with E-state index in [0.717, 1.165) is 0 Å². The average molecular weight is 248 g/mol. The quantitative estimate of drug-likeness (QED) is 0.484. The predicted octanol–water partition coefficient (Wildman–Crippen LogP) is -1.08. The third-order valence-corrected chi connectivity index (χ3v) is 1.07. The molecule has 0 rings (SSSR count). The number of hydrogen-bond donors (Lipinski definition) is 2. The molecule has 12 heavy (non-hydrogen) atoms. The zero-order chi connectivity index (χ0) is 8.85. The zero-order valence-electron chi connectivity index (χ0n) is 6.06. The van der Waals surface area contributed by atoms with E-state index in [0.29, 0.717) is 0 Å². The van der Waals surface area contributed by atoms with Crippen LogP contribution in [0.15, 0.2) is 0 Å². The van der Waals surface area contributed by atoms with Gasteiger partial charge in [-0.05, 0) is 0 Å². The summed E-state index contributed by atoms with van der Waals surface area (Å²) in [6.45, 7) is 0. The number of aliphatic carboxylic acids is 1. The topological polar surface area (TPSA) is 97.7 Å². The van der Waals surface area contributed by atoms with Gasteiger partial charge in [0, 0.05) is 19.5 Å². The van der Waals surface area contributed by atoms with Crippen molar-refractivity contribution in [3.63, 3.8) is 0 Å². The number of carbonyl (C=O) groups is 2. The standard InChI is InChI=1S/C4H6O6S.Zn/c5-3(6)1-2-4(7)10-11(8)9;/h11H,1-2H2,(H,5,6);. The van der Waals surface area contributed by atoms with Crippen LogP contribution in [0, 0.1) is 0 Å². The number of thiol groups is 1. The predicted molar refractivity (Wildman–Crippen MR) is 33.3 cm³/mol.